The summed E-state index contributed by atoms with van der Waals surface area (Å²) in [6.07, 6.45) is 10.5. The second kappa shape index (κ2) is 52.0. The predicted octanol–water partition coefficient (Wildman–Crippen LogP) is 8.71. The molecule has 692 valence electrons. The standard InChI is InChI=1S/C91H134N10O24/c1-58-16-12-11-13-17-59(2)75(111-8)53-69-26-19-64(7)91(110,125-69)84(106)87(107)100-31-15-14-18-71(100)88(108)122-76(54-72(102)60(3)49-63(6)82(105)83(113-10)81(104)62(5)48-58)61(4)50-67-24-27-74(77(51-67)112-9)124-90(109)94-30-33-115-35-37-117-39-41-119-43-45-121-47-46-120-44-42-118-40-38-116-36-34-114-32-29-78(103)95-55-65-20-22-66(23-21-65)56-101-86-79(85(92)96-57-97-86)80(99-101)68-25-28-73-70(52-68)98-89(93)123-73/h11-13,16-17,20-23,25,28,49,52,57-58,60-62,64,67,69,71-72,74-77,82-83,102,105,110H,14-15,18-19,24,26-27,29-48,50-51,53-56H2,1-10H3,(H2,93,98)(H,94,109)(H,95,103)(H2,92,96,97)/b13-11+,16-12+,59-17+,63-49+/t58-,60-,61-,62-,64-,67+,69+,71+,72-,74-,75+,76+,77-,82-,83+,91-/m1/s1. The quantitative estimate of drug-likeness (QED) is 0.00836. The van der Waals surface area contributed by atoms with E-state index < -0.39 is 102 Å². The number of allylic oxidation sites excluding steroid dienone is 5. The molecule has 0 spiro atoms. The van der Waals surface area contributed by atoms with Gasteiger partial charge in [0.1, 0.15) is 53.8 Å². The molecule has 125 heavy (non-hydrogen) atoms. The lowest BCUT2D eigenvalue weighted by atomic mass is 9.78. The molecule has 0 unspecified atom stereocenters. The van der Waals surface area contributed by atoms with Crippen molar-refractivity contribution >= 4 is 69.4 Å². The number of nitrogens with zero attached hydrogens (tertiary/aromatic N) is 6. The molecule has 3 amide bonds. The summed E-state index contributed by atoms with van der Waals surface area (Å²) in [5, 5.41) is 47.1. The summed E-state index contributed by atoms with van der Waals surface area (Å²) >= 11 is 0. The third-order valence-corrected chi connectivity index (χ3v) is 23.6. The molecule has 34 nitrogen and oxygen atoms in total. The first-order valence-corrected chi connectivity index (χ1v) is 44.0. The van der Waals surface area contributed by atoms with Gasteiger partial charge in [0.05, 0.1) is 142 Å². The van der Waals surface area contributed by atoms with Crippen molar-refractivity contribution < 1.29 is 115 Å². The lowest BCUT2D eigenvalue weighted by Crippen LogP contribution is -2.61. The first-order chi connectivity index (χ1) is 60.3. The first-order valence-electron chi connectivity index (χ1n) is 44.0. The van der Waals surface area contributed by atoms with Crippen molar-refractivity contribution in [3.63, 3.8) is 0 Å². The van der Waals surface area contributed by atoms with E-state index in [0.29, 0.717) is 203 Å². The maximum atomic E-state index is 14.8. The number of alkyl carbamates (subject to hydrolysis) is 1. The maximum Gasteiger partial charge on any atom is 0.407 e. The van der Waals surface area contributed by atoms with Gasteiger partial charge in [-0.05, 0) is 136 Å². The normalized spacial score (nSPS) is 27.2. The third kappa shape index (κ3) is 30.9. The zero-order valence-electron chi connectivity index (χ0n) is 74.3. The number of amides is 3. The number of aliphatic hydroxyl groups is 3. The number of carbonyl (C=O) groups is 6. The van der Waals surface area contributed by atoms with Crippen molar-refractivity contribution in [1.82, 2.24) is 40.3 Å². The minimum Gasteiger partial charge on any atom is -0.460 e. The molecule has 16 atom stereocenters. The van der Waals surface area contributed by atoms with Gasteiger partial charge in [-0.15, -0.1) is 0 Å². The van der Waals surface area contributed by atoms with Crippen molar-refractivity contribution in [3.05, 3.63) is 108 Å². The third-order valence-electron chi connectivity index (χ3n) is 23.6. The van der Waals surface area contributed by atoms with E-state index in [2.05, 4.69) is 25.6 Å². The van der Waals surface area contributed by atoms with E-state index in [1.165, 1.54) is 18.3 Å². The van der Waals surface area contributed by atoms with Gasteiger partial charge in [-0.1, -0.05) is 95.3 Å². The van der Waals surface area contributed by atoms with Crippen LogP contribution in [0, 0.1) is 35.5 Å². The summed E-state index contributed by atoms with van der Waals surface area (Å²) in [7, 11) is 4.52. The molecule has 1 aliphatic carbocycles. The average Bonchev–Trinajstić information content (AvgIpc) is 1.71. The average molecular weight is 1750 g/mol. The molecule has 6 heterocycles. The van der Waals surface area contributed by atoms with Crippen molar-refractivity contribution in [2.75, 3.05) is 152 Å². The zero-order chi connectivity index (χ0) is 89.8. The Kier molecular flexibility index (Phi) is 41.7. The minimum atomic E-state index is -2.47. The predicted molar refractivity (Wildman–Crippen MR) is 464 cm³/mol. The van der Waals surface area contributed by atoms with E-state index in [1.54, 1.807) is 51.8 Å². The molecule has 9 N–H and O–H groups in total. The van der Waals surface area contributed by atoms with Crippen LogP contribution in [0.5, 0.6) is 0 Å². The lowest BCUT2D eigenvalue weighted by molar-refractivity contribution is -0.265. The fourth-order valence-corrected chi connectivity index (χ4v) is 16.2. The van der Waals surface area contributed by atoms with E-state index in [1.807, 2.05) is 94.5 Å². The largest absolute Gasteiger partial charge is 0.460 e. The number of hydrogen-bond acceptors (Lipinski definition) is 30. The number of nitrogens with one attached hydrogen (secondary N) is 2. The zero-order valence-corrected chi connectivity index (χ0v) is 74.3. The maximum absolute atomic E-state index is 14.8. The molecule has 34 heteroatoms. The van der Waals surface area contributed by atoms with Crippen molar-refractivity contribution in [2.45, 2.75) is 206 Å². The highest BCUT2D eigenvalue weighted by atomic mass is 16.6. The van der Waals surface area contributed by atoms with Gasteiger partial charge in [-0.2, -0.15) is 10.1 Å². The molecule has 9 rings (SSSR count). The molecule has 2 bridgehead atoms. The number of Topliss-reactive ketones (excluding diaryl/α,β-unsaturated/α-hetero) is 2. The number of fused-ring (bicyclic) bond motifs is 5. The van der Waals surface area contributed by atoms with Crippen LogP contribution in [0.15, 0.2) is 101 Å². The molecule has 3 fully saturated rings. The van der Waals surface area contributed by atoms with Gasteiger partial charge in [0, 0.05) is 83.5 Å². The van der Waals surface area contributed by atoms with Crippen LogP contribution < -0.4 is 22.1 Å². The Labute approximate surface area is 732 Å². The number of nitrogen functional groups attached to an aromatic ring is 2. The van der Waals surface area contributed by atoms with Crippen molar-refractivity contribution in [1.29, 1.82) is 0 Å². The Morgan fingerprint density at radius 3 is 1.98 bits per heavy atom. The van der Waals surface area contributed by atoms with E-state index in [0.717, 1.165) is 22.3 Å². The topological polar surface area (TPSA) is 441 Å². The number of ether oxygens (including phenoxy) is 14. The molecule has 0 radical (unpaired) electrons. The molecule has 5 aromatic rings. The highest BCUT2D eigenvalue weighted by Crippen LogP contribution is 2.40. The van der Waals surface area contributed by atoms with Gasteiger partial charge in [0.25, 0.3) is 17.7 Å². The molecule has 4 aliphatic rings. The van der Waals surface area contributed by atoms with Gasteiger partial charge in [0.2, 0.25) is 11.7 Å². The summed E-state index contributed by atoms with van der Waals surface area (Å²) in [5.41, 5.74) is 18.4. The number of anilines is 2. The summed E-state index contributed by atoms with van der Waals surface area (Å²) in [6, 6.07) is 12.3. The number of oxazole rings is 1. The lowest BCUT2D eigenvalue weighted by Gasteiger charge is -2.43. The van der Waals surface area contributed by atoms with E-state index in [4.69, 9.17) is 87.3 Å². The van der Waals surface area contributed by atoms with E-state index in [9.17, 15) is 44.1 Å². The molecular formula is C91H134N10O24. The van der Waals surface area contributed by atoms with Crippen LogP contribution in [-0.2, 0) is 103 Å². The Bertz CT molecular complexity index is 4310. The van der Waals surface area contributed by atoms with Crippen LogP contribution in [0.25, 0.3) is 33.4 Å². The Morgan fingerprint density at radius 1 is 0.688 bits per heavy atom. The number of methoxy groups -OCH3 is 3. The van der Waals surface area contributed by atoms with Gasteiger partial charge in [0.15, 0.2) is 17.0 Å². The van der Waals surface area contributed by atoms with Crippen LogP contribution in [0.3, 0.4) is 0 Å². The smallest absolute Gasteiger partial charge is 0.407 e. The van der Waals surface area contributed by atoms with Crippen LogP contribution in [0.4, 0.5) is 16.6 Å². The SMILES string of the molecule is CO[C@H]1C[C@@H]2CC[C@@H](C)[C@@](O)(O2)C(=O)C(=O)N2CCCC[C@H]2C(=O)O[C@H]([C@H](C)C[C@@H]2CC[C@@H](OC(=O)NCCOCCOCCOCCOCCOCCOCCOCCOCCC(=O)NCc3ccc(Cn4nc(-c5ccc6oc(N)nc6c5)c5c(N)ncnc54)cc3)[C@H](OC)C2)C[C@@H](O)[C@H](C)/C=C(\C)[C@@H](O)[C@@H](OC)C(=O)[C@H](C)C[C@H](C)/C=C/C=C/C=C/1C. The number of nitrogens with two attached hydrogens (primary N) is 2. The minimum absolute atomic E-state index is 0.00433. The van der Waals surface area contributed by atoms with Crippen LogP contribution in [-0.4, -0.2) is 281 Å². The molecule has 2 aromatic carbocycles. The summed E-state index contributed by atoms with van der Waals surface area (Å²) < 4.78 is 88.1. The second-order valence-electron chi connectivity index (χ2n) is 33.0. The summed E-state index contributed by atoms with van der Waals surface area (Å²) in [5.74, 6) is -7.74. The van der Waals surface area contributed by atoms with Gasteiger partial charge in [-0.25, -0.2) is 24.2 Å². The van der Waals surface area contributed by atoms with E-state index in [-0.39, 0.29) is 87.4 Å². The number of rotatable bonds is 39. The number of aliphatic hydroxyl groups excluding tert-OH is 2. The molecule has 2 saturated heterocycles. The van der Waals surface area contributed by atoms with Crippen LogP contribution >= 0.6 is 0 Å². The van der Waals surface area contributed by atoms with Crippen LogP contribution in [0.1, 0.15) is 143 Å². The van der Waals surface area contributed by atoms with Gasteiger partial charge >= 0.3 is 12.1 Å². The number of esters is 1. The number of ketones is 2. The molecule has 1 saturated carbocycles. The number of cyclic esters (lactones) is 1. The number of aromatic nitrogens is 5. The first kappa shape index (κ1) is 100. The Balaban J connectivity index is 0.595. The Morgan fingerprint density at radius 2 is 1.34 bits per heavy atom. The number of hydrogen-bond donors (Lipinski definition) is 7. The number of carbonyl (C=O) groups excluding carboxylic acids is 6. The van der Waals surface area contributed by atoms with E-state index >= 15 is 0 Å². The monoisotopic (exact) mass is 1750 g/mol. The molecule has 3 aliphatic heterocycles. The summed E-state index contributed by atoms with van der Waals surface area (Å²) in [4.78, 5) is 97.5. The van der Waals surface area contributed by atoms with Crippen LogP contribution in [0.2, 0.25) is 0 Å². The Hall–Kier alpha value is -8.56. The van der Waals surface area contributed by atoms with Gasteiger partial charge < -0.3 is 113 Å². The van der Waals surface area contributed by atoms with Gasteiger partial charge in [-0.3, -0.25) is 19.2 Å². The number of piperidine rings is 1. The number of benzene rings is 2. The fraction of sp³-hybridized carbons (Fsp3) is 0.648. The molecular weight excluding hydrogens is 1620 g/mol. The summed E-state index contributed by atoms with van der Waals surface area (Å²) in [6.45, 7) is 19.5. The van der Waals surface area contributed by atoms with Crippen molar-refractivity contribution in [3.8, 4) is 11.3 Å². The fourth-order valence-electron chi connectivity index (χ4n) is 16.2. The highest BCUT2D eigenvalue weighted by Gasteiger charge is 2.53. The molecule has 3 aromatic heterocycles. The highest BCUT2D eigenvalue weighted by molar-refractivity contribution is 6.39. The second-order valence-corrected chi connectivity index (χ2v) is 33.0. The van der Waals surface area contributed by atoms with Crippen molar-refractivity contribution in [2.24, 2.45) is 35.5 Å².